The third kappa shape index (κ3) is 4.20. The van der Waals surface area contributed by atoms with Crippen LogP contribution >= 0.6 is 0 Å². The van der Waals surface area contributed by atoms with E-state index in [2.05, 4.69) is 5.32 Å². The molecule has 0 radical (unpaired) electrons. The van der Waals surface area contributed by atoms with Gasteiger partial charge >= 0.3 is 0 Å². The molecule has 1 fully saturated rings. The Hall–Kier alpha value is -1.67. The summed E-state index contributed by atoms with van der Waals surface area (Å²) in [4.78, 5) is 11.3. The van der Waals surface area contributed by atoms with E-state index < -0.39 is 37.3 Å². The smallest absolute Gasteiger partial charge is 0.223 e. The lowest BCUT2D eigenvalue weighted by molar-refractivity contribution is -0.244. The molecule has 7 nitrogen and oxygen atoms in total. The minimum absolute atomic E-state index is 0.386. The van der Waals surface area contributed by atoms with E-state index in [4.69, 9.17) is 9.47 Å². The molecule has 4 N–H and O–H groups in total. The minimum atomic E-state index is -1.32. The summed E-state index contributed by atoms with van der Waals surface area (Å²) in [5, 5.41) is 31.9. The number of ether oxygens (including phenoxy) is 2. The third-order valence-electron chi connectivity index (χ3n) is 3.81. The van der Waals surface area contributed by atoms with Gasteiger partial charge in [0.25, 0.3) is 0 Å². The molecule has 1 aliphatic heterocycles. The van der Waals surface area contributed by atoms with E-state index in [9.17, 15) is 20.1 Å². The summed E-state index contributed by atoms with van der Waals surface area (Å²) in [6.07, 6.45) is -3.82. The molecule has 23 heavy (non-hydrogen) atoms. The maximum atomic E-state index is 11.3. The van der Waals surface area contributed by atoms with Crippen LogP contribution in [0.5, 0.6) is 5.75 Å². The maximum Gasteiger partial charge on any atom is 0.223 e. The fourth-order valence-electron chi connectivity index (χ4n) is 2.54. The first-order valence-corrected chi connectivity index (χ1v) is 7.61. The van der Waals surface area contributed by atoms with Gasteiger partial charge in [0.05, 0.1) is 6.61 Å². The van der Waals surface area contributed by atoms with Crippen molar-refractivity contribution >= 4 is 5.91 Å². The molecular formula is C16H23NO6. The molecule has 1 aliphatic rings. The molecule has 128 valence electrons. The number of benzene rings is 1. The van der Waals surface area contributed by atoms with Crippen molar-refractivity contribution in [2.45, 2.75) is 50.9 Å². The highest BCUT2D eigenvalue weighted by atomic mass is 16.7. The number of hydrogen-bond donors (Lipinski definition) is 4. The zero-order valence-electron chi connectivity index (χ0n) is 13.2. The molecular weight excluding hydrogens is 302 g/mol. The van der Waals surface area contributed by atoms with Gasteiger partial charge in [-0.3, -0.25) is 4.79 Å². The van der Waals surface area contributed by atoms with Gasteiger partial charge in [-0.1, -0.05) is 19.1 Å². The van der Waals surface area contributed by atoms with E-state index in [1.54, 1.807) is 6.07 Å². The predicted molar refractivity (Wildman–Crippen MR) is 81.8 cm³/mol. The molecule has 0 unspecified atom stereocenters. The summed E-state index contributed by atoms with van der Waals surface area (Å²) in [6.45, 7) is 2.84. The van der Waals surface area contributed by atoms with Gasteiger partial charge in [-0.05, 0) is 24.1 Å². The molecule has 5 atom stereocenters. The summed E-state index contributed by atoms with van der Waals surface area (Å²) >= 11 is 0. The molecule has 2 rings (SSSR count). The van der Waals surface area contributed by atoms with Crippen LogP contribution in [0.25, 0.3) is 0 Å². The molecule has 1 aromatic carbocycles. The summed E-state index contributed by atoms with van der Waals surface area (Å²) in [7, 11) is 0. The number of hydrogen-bond acceptors (Lipinski definition) is 6. The van der Waals surface area contributed by atoms with Crippen molar-refractivity contribution in [3.63, 3.8) is 0 Å². The van der Waals surface area contributed by atoms with Crippen LogP contribution in [0, 0.1) is 0 Å². The Labute approximate surface area is 134 Å². The van der Waals surface area contributed by atoms with Gasteiger partial charge in [-0.25, -0.2) is 0 Å². The number of carbonyl (C=O) groups is 1. The van der Waals surface area contributed by atoms with Gasteiger partial charge < -0.3 is 30.1 Å². The van der Waals surface area contributed by atoms with Gasteiger partial charge in [0.2, 0.25) is 12.2 Å². The summed E-state index contributed by atoms with van der Waals surface area (Å²) in [6, 6.07) is 6.41. The van der Waals surface area contributed by atoms with E-state index in [1.807, 2.05) is 25.1 Å². The van der Waals surface area contributed by atoms with Crippen molar-refractivity contribution in [2.75, 3.05) is 6.61 Å². The second-order valence-corrected chi connectivity index (χ2v) is 5.55. The van der Waals surface area contributed by atoms with E-state index in [-0.39, 0.29) is 5.91 Å². The maximum absolute atomic E-state index is 11.3. The normalized spacial score (nSPS) is 30.7. The first kappa shape index (κ1) is 17.7. The quantitative estimate of drug-likeness (QED) is 0.585. The zero-order chi connectivity index (χ0) is 17.0. The molecule has 1 aromatic rings. The van der Waals surface area contributed by atoms with E-state index in [1.165, 1.54) is 6.92 Å². The zero-order valence-corrected chi connectivity index (χ0v) is 13.2. The Balaban J connectivity index is 2.21. The molecule has 1 amide bonds. The molecule has 1 heterocycles. The second kappa shape index (κ2) is 7.74. The summed E-state index contributed by atoms with van der Waals surface area (Å²) in [5.74, 6) is 0.133. The lowest BCUT2D eigenvalue weighted by Crippen LogP contribution is -2.65. The Morgan fingerprint density at radius 2 is 2.09 bits per heavy atom. The lowest BCUT2D eigenvalue weighted by Gasteiger charge is -2.42. The molecule has 1 saturated heterocycles. The number of amides is 1. The Bertz CT molecular complexity index is 537. The molecule has 0 spiro atoms. The molecule has 0 bridgehead atoms. The molecule has 0 saturated carbocycles. The van der Waals surface area contributed by atoms with Gasteiger partial charge in [0, 0.05) is 6.92 Å². The Morgan fingerprint density at radius 1 is 1.35 bits per heavy atom. The number of carbonyl (C=O) groups excluding carboxylic acids is 1. The SMILES string of the molecule is CCc1cccc(O[C@@H]2O[C@H](CO)[C@@H](O)[C@@H](O)[C@@H]2NC(C)=O)c1. The van der Waals surface area contributed by atoms with Crippen molar-refractivity contribution in [2.24, 2.45) is 0 Å². The number of nitrogens with one attached hydrogen (secondary N) is 1. The highest BCUT2D eigenvalue weighted by molar-refractivity contribution is 5.73. The van der Waals surface area contributed by atoms with E-state index in [0.29, 0.717) is 5.75 Å². The van der Waals surface area contributed by atoms with Gasteiger partial charge in [-0.15, -0.1) is 0 Å². The fourth-order valence-corrected chi connectivity index (χ4v) is 2.54. The van der Waals surface area contributed by atoms with Crippen molar-refractivity contribution in [3.05, 3.63) is 29.8 Å². The van der Waals surface area contributed by atoms with Crippen LogP contribution in [0.15, 0.2) is 24.3 Å². The Kier molecular flexibility index (Phi) is 5.95. The summed E-state index contributed by atoms with van der Waals surface area (Å²) in [5.41, 5.74) is 1.06. The average Bonchev–Trinajstić information content (AvgIpc) is 2.54. The number of rotatable bonds is 5. The topological polar surface area (TPSA) is 108 Å². The molecule has 0 aromatic heterocycles. The largest absolute Gasteiger partial charge is 0.463 e. The first-order chi connectivity index (χ1) is 11.0. The first-order valence-electron chi connectivity index (χ1n) is 7.61. The third-order valence-corrected chi connectivity index (χ3v) is 3.81. The highest BCUT2D eigenvalue weighted by Crippen LogP contribution is 2.25. The second-order valence-electron chi connectivity index (χ2n) is 5.55. The fraction of sp³-hybridized carbons (Fsp3) is 0.562. The van der Waals surface area contributed by atoms with E-state index in [0.717, 1.165) is 12.0 Å². The standard InChI is InChI=1S/C16H23NO6/c1-3-10-5-4-6-11(7-10)22-16-13(17-9(2)19)15(21)14(20)12(8-18)23-16/h4-7,12-16,18,20-21H,3,8H2,1-2H3,(H,17,19)/t12-,13+,14-,15+,16-/m1/s1. The monoisotopic (exact) mass is 325 g/mol. The van der Waals surface area contributed by atoms with Crippen LogP contribution in [0.2, 0.25) is 0 Å². The predicted octanol–water partition coefficient (Wildman–Crippen LogP) is -0.429. The van der Waals surface area contributed by atoms with Crippen LogP contribution in [0.3, 0.4) is 0 Å². The van der Waals surface area contributed by atoms with Crippen LogP contribution < -0.4 is 10.1 Å². The van der Waals surface area contributed by atoms with Crippen molar-refractivity contribution < 1.29 is 29.6 Å². The Morgan fingerprint density at radius 3 is 2.70 bits per heavy atom. The summed E-state index contributed by atoms with van der Waals surface area (Å²) < 4.78 is 11.3. The minimum Gasteiger partial charge on any atom is -0.463 e. The van der Waals surface area contributed by atoms with Crippen molar-refractivity contribution in [1.82, 2.24) is 5.32 Å². The lowest BCUT2D eigenvalue weighted by atomic mass is 9.97. The van der Waals surface area contributed by atoms with Gasteiger partial charge in [0.1, 0.15) is 30.1 Å². The van der Waals surface area contributed by atoms with Gasteiger partial charge in [-0.2, -0.15) is 0 Å². The van der Waals surface area contributed by atoms with Crippen molar-refractivity contribution in [3.8, 4) is 5.75 Å². The number of aryl methyl sites for hydroxylation is 1. The van der Waals surface area contributed by atoms with Gasteiger partial charge in [0.15, 0.2) is 0 Å². The van der Waals surface area contributed by atoms with Crippen LogP contribution in [0.4, 0.5) is 0 Å². The number of aliphatic hydroxyl groups excluding tert-OH is 3. The van der Waals surface area contributed by atoms with Crippen LogP contribution in [0.1, 0.15) is 19.4 Å². The highest BCUT2D eigenvalue weighted by Gasteiger charge is 2.46. The molecule has 7 heteroatoms. The van der Waals surface area contributed by atoms with Crippen LogP contribution in [-0.4, -0.2) is 58.5 Å². The average molecular weight is 325 g/mol. The van der Waals surface area contributed by atoms with E-state index >= 15 is 0 Å². The van der Waals surface area contributed by atoms with Crippen LogP contribution in [-0.2, 0) is 16.0 Å². The van der Waals surface area contributed by atoms with Crippen molar-refractivity contribution in [1.29, 1.82) is 0 Å². The molecule has 0 aliphatic carbocycles. The number of aliphatic hydroxyl groups is 3.